The maximum Gasteiger partial charge on any atom is 0.249 e. The number of hydrogen-bond acceptors (Lipinski definition) is 4. The predicted octanol–water partition coefficient (Wildman–Crippen LogP) is 1.64. The van der Waals surface area contributed by atoms with E-state index in [4.69, 9.17) is 4.74 Å². The molecular formula is C16H23N5O2. The molecule has 0 spiro atoms. The highest BCUT2D eigenvalue weighted by atomic mass is 16.5. The Morgan fingerprint density at radius 2 is 2.30 bits per heavy atom. The molecule has 3 heterocycles. The Hall–Kier alpha value is -2.15. The van der Waals surface area contributed by atoms with Gasteiger partial charge in [-0.1, -0.05) is 0 Å². The van der Waals surface area contributed by atoms with Crippen LogP contribution < -0.4 is 0 Å². The van der Waals surface area contributed by atoms with Gasteiger partial charge in [-0.05, 0) is 32.8 Å². The SMILES string of the molecule is Cc1n[nH]c(C)c1C1CCCN1C(=O)COCc1ccnn1C. The number of ether oxygens (including phenoxy) is 1. The summed E-state index contributed by atoms with van der Waals surface area (Å²) in [6.07, 6.45) is 3.72. The van der Waals surface area contributed by atoms with Crippen LogP contribution in [0.2, 0.25) is 0 Å². The van der Waals surface area contributed by atoms with Crippen LogP contribution in [0.1, 0.15) is 41.5 Å². The second-order valence-corrected chi connectivity index (χ2v) is 6.03. The van der Waals surface area contributed by atoms with Crippen molar-refractivity contribution in [2.24, 2.45) is 7.05 Å². The Bertz CT molecular complexity index is 671. The first-order valence-electron chi connectivity index (χ1n) is 7.93. The molecule has 2 aromatic rings. The Morgan fingerprint density at radius 3 is 2.96 bits per heavy atom. The van der Waals surface area contributed by atoms with Gasteiger partial charge in [-0.2, -0.15) is 10.2 Å². The van der Waals surface area contributed by atoms with Crippen LogP contribution >= 0.6 is 0 Å². The first kappa shape index (κ1) is 15.7. The van der Waals surface area contributed by atoms with Crippen LogP contribution in [0.3, 0.4) is 0 Å². The fourth-order valence-corrected chi connectivity index (χ4v) is 3.28. The highest BCUT2D eigenvalue weighted by Gasteiger charge is 2.32. The van der Waals surface area contributed by atoms with E-state index < -0.39 is 0 Å². The van der Waals surface area contributed by atoms with Crippen molar-refractivity contribution in [1.82, 2.24) is 24.9 Å². The first-order valence-corrected chi connectivity index (χ1v) is 7.93. The van der Waals surface area contributed by atoms with E-state index in [9.17, 15) is 4.79 Å². The van der Waals surface area contributed by atoms with Crippen molar-refractivity contribution < 1.29 is 9.53 Å². The monoisotopic (exact) mass is 317 g/mol. The molecule has 0 saturated carbocycles. The van der Waals surface area contributed by atoms with E-state index in [0.29, 0.717) is 6.61 Å². The zero-order valence-electron chi connectivity index (χ0n) is 13.9. The topological polar surface area (TPSA) is 76.0 Å². The molecule has 1 N–H and O–H groups in total. The molecule has 1 amide bonds. The summed E-state index contributed by atoms with van der Waals surface area (Å²) in [5.74, 6) is 0.0367. The molecule has 0 aromatic carbocycles. The average molecular weight is 317 g/mol. The molecule has 1 fully saturated rings. The number of aryl methyl sites for hydroxylation is 3. The van der Waals surface area contributed by atoms with Gasteiger partial charge in [0.2, 0.25) is 5.91 Å². The molecule has 0 radical (unpaired) electrons. The van der Waals surface area contributed by atoms with Crippen LogP contribution in [0.15, 0.2) is 12.3 Å². The van der Waals surface area contributed by atoms with E-state index in [1.165, 1.54) is 0 Å². The third kappa shape index (κ3) is 3.14. The lowest BCUT2D eigenvalue weighted by molar-refractivity contribution is -0.137. The summed E-state index contributed by atoms with van der Waals surface area (Å²) in [6.45, 7) is 5.26. The minimum atomic E-state index is 0.0367. The first-order chi connectivity index (χ1) is 11.1. The minimum absolute atomic E-state index is 0.0367. The standard InChI is InChI=1S/C16H23N5O2/c1-11-16(12(2)19-18-11)14-5-4-8-21(14)15(22)10-23-9-13-6-7-17-20(13)3/h6-7,14H,4-5,8-10H2,1-3H3,(H,18,19). The molecule has 124 valence electrons. The van der Waals surface area contributed by atoms with E-state index in [2.05, 4.69) is 15.3 Å². The molecule has 2 aromatic heterocycles. The molecule has 1 unspecified atom stereocenters. The summed E-state index contributed by atoms with van der Waals surface area (Å²) < 4.78 is 7.34. The Morgan fingerprint density at radius 1 is 1.48 bits per heavy atom. The summed E-state index contributed by atoms with van der Waals surface area (Å²) in [5.41, 5.74) is 4.13. The molecule has 3 rings (SSSR count). The van der Waals surface area contributed by atoms with Crippen molar-refractivity contribution in [2.75, 3.05) is 13.2 Å². The molecule has 1 aliphatic rings. The van der Waals surface area contributed by atoms with Gasteiger partial charge in [0.05, 0.1) is 24.0 Å². The van der Waals surface area contributed by atoms with Crippen LogP contribution in [0.4, 0.5) is 0 Å². The lowest BCUT2D eigenvalue weighted by atomic mass is 10.0. The molecule has 1 atom stereocenters. The number of nitrogens with zero attached hydrogens (tertiary/aromatic N) is 4. The number of H-pyrrole nitrogens is 1. The van der Waals surface area contributed by atoms with Gasteiger partial charge in [-0.15, -0.1) is 0 Å². The third-order valence-electron chi connectivity index (χ3n) is 4.49. The van der Waals surface area contributed by atoms with E-state index >= 15 is 0 Å². The largest absolute Gasteiger partial charge is 0.365 e. The van der Waals surface area contributed by atoms with Gasteiger partial charge < -0.3 is 9.64 Å². The number of likely N-dealkylation sites (tertiary alicyclic amines) is 1. The third-order valence-corrected chi connectivity index (χ3v) is 4.49. The van der Waals surface area contributed by atoms with Crippen LogP contribution in [-0.4, -0.2) is 43.9 Å². The zero-order chi connectivity index (χ0) is 16.4. The molecule has 7 heteroatoms. The van der Waals surface area contributed by atoms with Crippen molar-refractivity contribution in [3.63, 3.8) is 0 Å². The number of carbonyl (C=O) groups is 1. The van der Waals surface area contributed by atoms with Crippen LogP contribution in [0, 0.1) is 13.8 Å². The van der Waals surface area contributed by atoms with E-state index in [-0.39, 0.29) is 18.6 Å². The van der Waals surface area contributed by atoms with Gasteiger partial charge in [-0.3, -0.25) is 14.6 Å². The summed E-state index contributed by atoms with van der Waals surface area (Å²) in [4.78, 5) is 14.5. The lowest BCUT2D eigenvalue weighted by Gasteiger charge is -2.25. The van der Waals surface area contributed by atoms with Gasteiger partial charge in [0.25, 0.3) is 0 Å². The fourth-order valence-electron chi connectivity index (χ4n) is 3.28. The van der Waals surface area contributed by atoms with Crippen LogP contribution in [0.25, 0.3) is 0 Å². The minimum Gasteiger partial charge on any atom is -0.365 e. The van der Waals surface area contributed by atoms with Gasteiger partial charge in [-0.25, -0.2) is 0 Å². The lowest BCUT2D eigenvalue weighted by Crippen LogP contribution is -2.34. The van der Waals surface area contributed by atoms with Crippen LogP contribution in [-0.2, 0) is 23.2 Å². The molecule has 7 nitrogen and oxygen atoms in total. The Kier molecular flexibility index (Phi) is 4.47. The molecular weight excluding hydrogens is 294 g/mol. The summed E-state index contributed by atoms with van der Waals surface area (Å²) >= 11 is 0. The van der Waals surface area contributed by atoms with E-state index in [1.807, 2.05) is 31.9 Å². The number of hydrogen-bond donors (Lipinski definition) is 1. The highest BCUT2D eigenvalue weighted by molar-refractivity contribution is 5.78. The molecule has 0 bridgehead atoms. The number of carbonyl (C=O) groups excluding carboxylic acids is 1. The predicted molar refractivity (Wildman–Crippen MR) is 84.6 cm³/mol. The van der Waals surface area contributed by atoms with Crippen molar-refractivity contribution >= 4 is 5.91 Å². The van der Waals surface area contributed by atoms with Crippen molar-refractivity contribution in [3.05, 3.63) is 34.9 Å². The van der Waals surface area contributed by atoms with E-state index in [1.54, 1.807) is 10.9 Å². The number of nitrogens with one attached hydrogen (secondary N) is 1. The quantitative estimate of drug-likeness (QED) is 0.909. The Balaban J connectivity index is 1.61. The molecule has 23 heavy (non-hydrogen) atoms. The number of aromatic amines is 1. The van der Waals surface area contributed by atoms with Gasteiger partial charge in [0, 0.05) is 31.0 Å². The molecule has 1 aliphatic heterocycles. The summed E-state index contributed by atoms with van der Waals surface area (Å²) in [5, 5.41) is 11.4. The second-order valence-electron chi connectivity index (χ2n) is 6.03. The maximum atomic E-state index is 12.5. The van der Waals surface area contributed by atoms with Gasteiger partial charge in [0.1, 0.15) is 6.61 Å². The van der Waals surface area contributed by atoms with Gasteiger partial charge in [0.15, 0.2) is 0 Å². The second kappa shape index (κ2) is 6.54. The number of amides is 1. The normalized spacial score (nSPS) is 17.9. The number of aromatic nitrogens is 4. The Labute approximate surface area is 135 Å². The number of rotatable bonds is 5. The van der Waals surface area contributed by atoms with Crippen molar-refractivity contribution in [1.29, 1.82) is 0 Å². The molecule has 1 saturated heterocycles. The molecule has 0 aliphatic carbocycles. The summed E-state index contributed by atoms with van der Waals surface area (Å²) in [6, 6.07) is 2.00. The van der Waals surface area contributed by atoms with Crippen molar-refractivity contribution in [3.8, 4) is 0 Å². The maximum absolute atomic E-state index is 12.5. The zero-order valence-corrected chi connectivity index (χ0v) is 13.9. The van der Waals surface area contributed by atoms with Gasteiger partial charge >= 0.3 is 0 Å². The fraction of sp³-hybridized carbons (Fsp3) is 0.562. The van der Waals surface area contributed by atoms with Crippen molar-refractivity contribution in [2.45, 2.75) is 39.3 Å². The van der Waals surface area contributed by atoms with E-state index in [0.717, 1.165) is 42.0 Å². The highest BCUT2D eigenvalue weighted by Crippen LogP contribution is 2.34. The van der Waals surface area contributed by atoms with Crippen LogP contribution in [0.5, 0.6) is 0 Å². The average Bonchev–Trinajstić information content (AvgIpc) is 3.21. The smallest absolute Gasteiger partial charge is 0.249 e. The summed E-state index contributed by atoms with van der Waals surface area (Å²) in [7, 11) is 1.86.